The van der Waals surface area contributed by atoms with E-state index in [0.29, 0.717) is 0 Å². The molecule has 0 saturated heterocycles. The van der Waals surface area contributed by atoms with Crippen LogP contribution < -0.4 is 0 Å². The Morgan fingerprint density at radius 3 is 2.33 bits per heavy atom. The summed E-state index contributed by atoms with van der Waals surface area (Å²) in [5.41, 5.74) is 0. The third-order valence-corrected chi connectivity index (χ3v) is 1.84. The minimum atomic E-state index is -5.43. The second-order valence-electron chi connectivity index (χ2n) is 2.59. The average Bonchev–Trinajstić information content (AvgIpc) is 2.32. The molecule has 1 nitrogen and oxygen atoms in total. The second kappa shape index (κ2) is 1.95. The van der Waals surface area contributed by atoms with Crippen LogP contribution in [-0.2, 0) is 0 Å². The molecule has 12 heavy (non-hydrogen) atoms. The van der Waals surface area contributed by atoms with Gasteiger partial charge in [0.2, 0.25) is 0 Å². The van der Waals surface area contributed by atoms with Crippen molar-refractivity contribution in [2.75, 3.05) is 0 Å². The van der Waals surface area contributed by atoms with Gasteiger partial charge in [-0.05, 0) is 12.8 Å². The third-order valence-electron chi connectivity index (χ3n) is 1.84. The van der Waals surface area contributed by atoms with Gasteiger partial charge in [0.05, 0.1) is 13.3 Å². The molecule has 0 heterocycles. The van der Waals surface area contributed by atoms with Crippen molar-refractivity contribution in [3.63, 3.8) is 0 Å². The molecule has 2 aliphatic rings. The molecule has 0 spiro atoms. The van der Waals surface area contributed by atoms with Crippen LogP contribution in [0.5, 0.6) is 0 Å². The van der Waals surface area contributed by atoms with E-state index in [-0.39, 0.29) is 0 Å². The van der Waals surface area contributed by atoms with Crippen molar-refractivity contribution >= 4 is 0 Å². The van der Waals surface area contributed by atoms with E-state index in [2.05, 4.69) is 0 Å². The maximum absolute atomic E-state index is 13.6. The van der Waals surface area contributed by atoms with Crippen molar-refractivity contribution in [3.05, 3.63) is 0 Å². The van der Waals surface area contributed by atoms with Crippen molar-refractivity contribution < 1.29 is 30.9 Å². The summed E-state index contributed by atoms with van der Waals surface area (Å²) in [6, 6.07) is 0. The minimum Gasteiger partial charge on any atom is -0.393 e. The van der Waals surface area contributed by atoms with E-state index in [1.165, 1.54) is 0 Å². The van der Waals surface area contributed by atoms with Crippen molar-refractivity contribution in [3.8, 4) is 0 Å². The summed E-state index contributed by atoms with van der Waals surface area (Å²) in [4.78, 5) is 0. The van der Waals surface area contributed by atoms with E-state index in [9.17, 15) is 22.7 Å². The van der Waals surface area contributed by atoms with Crippen LogP contribution in [0, 0.1) is 11.8 Å². The Morgan fingerprint density at radius 2 is 1.92 bits per heavy atom. The Bertz CT molecular complexity index is 428. The van der Waals surface area contributed by atoms with Gasteiger partial charge in [-0.25, -0.2) is 0 Å². The molecule has 2 aliphatic carbocycles. The first kappa shape index (κ1) is 3.82. The molecule has 0 aromatic rings. The highest BCUT2D eigenvalue weighted by molar-refractivity contribution is 5.10. The zero-order valence-corrected chi connectivity index (χ0v) is 5.54. The topological polar surface area (TPSA) is 20.2 Å². The van der Waals surface area contributed by atoms with Crippen LogP contribution >= 0.6 is 0 Å². The van der Waals surface area contributed by atoms with Gasteiger partial charge in [-0.15, -0.1) is 0 Å². The zero-order valence-electron chi connectivity index (χ0n) is 11.5. The molecule has 2 rings (SSSR count). The van der Waals surface area contributed by atoms with Gasteiger partial charge in [-0.2, -0.15) is 17.6 Å². The number of hydrogen-bond donors (Lipinski definition) is 1. The number of alkyl halides is 4. The van der Waals surface area contributed by atoms with Gasteiger partial charge in [-0.3, -0.25) is 0 Å². The van der Waals surface area contributed by atoms with Crippen LogP contribution in [0.4, 0.5) is 17.6 Å². The third kappa shape index (κ3) is 0.683. The highest BCUT2D eigenvalue weighted by atomic mass is 19.3. The first-order chi connectivity index (χ1) is 7.65. The van der Waals surface area contributed by atoms with Crippen molar-refractivity contribution in [1.82, 2.24) is 0 Å². The fourth-order valence-corrected chi connectivity index (χ4v) is 1.18. The Labute approximate surface area is 74.8 Å². The normalized spacial score (nSPS) is 84.2. The molecule has 2 saturated carbocycles. The van der Waals surface area contributed by atoms with E-state index in [1.807, 2.05) is 0 Å². The molecule has 1 N–H and O–H groups in total. The summed E-state index contributed by atoms with van der Waals surface area (Å²) in [5.74, 6) is -19.1. The molecule has 5 heteroatoms. The Kier molecular flexibility index (Phi) is 0.619. The number of hydrogen-bond acceptors (Lipinski definition) is 1. The summed E-state index contributed by atoms with van der Waals surface area (Å²) in [6.07, 6.45) is -10.6. The Morgan fingerprint density at radius 1 is 1.33 bits per heavy atom. The smallest absolute Gasteiger partial charge is 0.315 e. The van der Waals surface area contributed by atoms with Gasteiger partial charge in [0.25, 0.3) is 0 Å². The molecule has 2 fully saturated rings. The molecule has 0 aromatic heterocycles. The molecule has 0 amide bonds. The lowest BCUT2D eigenvalue weighted by Crippen LogP contribution is -2.50. The monoisotopic (exact) mass is 190 g/mol. The molecular formula is C7H8F4O. The fourth-order valence-electron chi connectivity index (χ4n) is 1.18. The maximum atomic E-state index is 13.6. The zero-order chi connectivity index (χ0) is 14.6. The number of halogens is 4. The van der Waals surface area contributed by atoms with Crippen LogP contribution in [0.2, 0.25) is 0 Å². The van der Waals surface area contributed by atoms with Crippen molar-refractivity contribution in [2.24, 2.45) is 11.8 Å². The lowest BCUT2D eigenvalue weighted by atomic mass is 9.91. The van der Waals surface area contributed by atoms with E-state index >= 15 is 0 Å². The predicted octanol–water partition coefficient (Wildman–Crippen LogP) is 1.66. The van der Waals surface area contributed by atoms with Gasteiger partial charge in [-0.1, -0.05) is 0 Å². The average molecular weight is 190 g/mol. The van der Waals surface area contributed by atoms with E-state index in [1.54, 1.807) is 0 Å². The van der Waals surface area contributed by atoms with Crippen molar-refractivity contribution in [1.29, 1.82) is 0 Å². The fraction of sp³-hybridized carbons (Fsp3) is 1.00. The Hall–Kier alpha value is -0.320. The van der Waals surface area contributed by atoms with Crippen molar-refractivity contribution in [2.45, 2.75) is 30.7 Å². The highest BCUT2D eigenvalue weighted by Gasteiger charge is 2.75. The quantitative estimate of drug-likeness (QED) is 0.576. The van der Waals surface area contributed by atoms with E-state index in [0.717, 1.165) is 0 Å². The minimum absolute atomic E-state index is 2.90. The largest absolute Gasteiger partial charge is 0.393 e. The first-order valence-corrected chi connectivity index (χ1v) is 3.06. The molecule has 2 bridgehead atoms. The summed E-state index contributed by atoms with van der Waals surface area (Å²) >= 11 is 0. The lowest BCUT2D eigenvalue weighted by Gasteiger charge is -2.32. The molecule has 0 radical (unpaired) electrons. The summed E-state index contributed by atoms with van der Waals surface area (Å²) < 4.78 is 97.2. The standard InChI is InChI=1S/C7H8F4O/c8-6(9)3-1-4(5(12)2-3)7(6,10)11/h3-5,12H,1-2H2/i1D2,2D,3D,4D,5D. The van der Waals surface area contributed by atoms with E-state index in [4.69, 9.17) is 8.22 Å². The molecular weight excluding hydrogens is 176 g/mol. The van der Waals surface area contributed by atoms with Gasteiger partial charge in [0.1, 0.15) is 0 Å². The molecule has 4 atom stereocenters. The van der Waals surface area contributed by atoms with Crippen LogP contribution in [0.15, 0.2) is 0 Å². The first-order valence-electron chi connectivity index (χ1n) is 6.13. The maximum Gasteiger partial charge on any atom is 0.315 e. The molecule has 0 aliphatic heterocycles. The van der Waals surface area contributed by atoms with Crippen LogP contribution in [0.3, 0.4) is 0 Å². The van der Waals surface area contributed by atoms with Gasteiger partial charge in [0, 0.05) is 12.7 Å². The number of aliphatic hydroxyl groups is 1. The molecule has 0 aromatic carbocycles. The van der Waals surface area contributed by atoms with Gasteiger partial charge in [0.15, 0.2) is 0 Å². The van der Waals surface area contributed by atoms with Gasteiger partial charge < -0.3 is 5.11 Å². The number of rotatable bonds is 0. The summed E-state index contributed by atoms with van der Waals surface area (Å²) in [5, 5.41) is 9.40. The lowest BCUT2D eigenvalue weighted by molar-refractivity contribution is -0.251. The summed E-state index contributed by atoms with van der Waals surface area (Å²) in [7, 11) is 0. The SMILES string of the molecule is [2H]C1C([2H])(O)C2([2H])C([2H])([2H])C1([2H])C(F)(F)C2(F)F. The number of fused-ring (bicyclic) bond motifs is 2. The highest BCUT2D eigenvalue weighted by Crippen LogP contribution is 2.61. The van der Waals surface area contributed by atoms with Gasteiger partial charge >= 0.3 is 11.8 Å². The molecule has 4 unspecified atom stereocenters. The Balaban J connectivity index is 2.90. The van der Waals surface area contributed by atoms with Crippen LogP contribution in [0.1, 0.15) is 21.0 Å². The second-order valence-corrected chi connectivity index (χ2v) is 2.59. The predicted molar refractivity (Wildman–Crippen MR) is 32.1 cm³/mol. The summed E-state index contributed by atoms with van der Waals surface area (Å²) in [6.45, 7) is 0. The van der Waals surface area contributed by atoms with Crippen LogP contribution in [0.25, 0.3) is 0 Å². The van der Waals surface area contributed by atoms with E-state index < -0.39 is 42.5 Å². The molecule has 70 valence electrons. The van der Waals surface area contributed by atoms with Crippen LogP contribution in [-0.4, -0.2) is 23.0 Å².